The van der Waals surface area contributed by atoms with Crippen molar-refractivity contribution in [2.75, 3.05) is 0 Å². The predicted octanol–water partition coefficient (Wildman–Crippen LogP) is 11.7. The van der Waals surface area contributed by atoms with Crippen LogP contribution in [0.1, 0.15) is 0 Å². The molecule has 0 N–H and O–H groups in total. The minimum absolute atomic E-state index is 0.644. The Morgan fingerprint density at radius 3 is 1.31 bits per heavy atom. The summed E-state index contributed by atoms with van der Waals surface area (Å²) in [5, 5.41) is 7.18. The first-order chi connectivity index (χ1) is 23.7. The molecule has 0 aliphatic rings. The number of benzene rings is 8. The molecular formula is C45H29N3. The van der Waals surface area contributed by atoms with Gasteiger partial charge in [-0.1, -0.05) is 158 Å². The zero-order valence-electron chi connectivity index (χ0n) is 26.1. The average molecular weight is 612 g/mol. The molecule has 9 rings (SSSR count). The maximum absolute atomic E-state index is 5.06. The lowest BCUT2D eigenvalue weighted by Gasteiger charge is -2.11. The number of hydrogen-bond acceptors (Lipinski definition) is 3. The van der Waals surface area contributed by atoms with Gasteiger partial charge in [0.05, 0.1) is 0 Å². The van der Waals surface area contributed by atoms with Gasteiger partial charge in [0.2, 0.25) is 0 Å². The summed E-state index contributed by atoms with van der Waals surface area (Å²) in [5.41, 5.74) is 7.54. The van der Waals surface area contributed by atoms with Gasteiger partial charge in [-0.2, -0.15) is 0 Å². The van der Waals surface area contributed by atoms with E-state index in [1.165, 1.54) is 32.7 Å². The van der Waals surface area contributed by atoms with Gasteiger partial charge < -0.3 is 0 Å². The minimum atomic E-state index is 0.644. The van der Waals surface area contributed by atoms with Crippen LogP contribution < -0.4 is 0 Å². The van der Waals surface area contributed by atoms with E-state index >= 15 is 0 Å². The SMILES string of the molecule is c1cc(-c2ccc(-c3cccc4ccccc34)cc2)cc(-c2nc(-c3ccc4ccccc4c3)nc(-c3ccc4ccccc4c3)n2)c1. The largest absolute Gasteiger partial charge is 0.208 e. The first kappa shape index (κ1) is 27.8. The molecular weight excluding hydrogens is 583 g/mol. The van der Waals surface area contributed by atoms with Crippen molar-refractivity contribution in [1.82, 2.24) is 15.0 Å². The van der Waals surface area contributed by atoms with Crippen LogP contribution in [0.5, 0.6) is 0 Å². The van der Waals surface area contributed by atoms with Crippen LogP contribution in [0.2, 0.25) is 0 Å². The molecule has 0 spiro atoms. The van der Waals surface area contributed by atoms with Crippen LogP contribution in [0.15, 0.2) is 176 Å². The topological polar surface area (TPSA) is 38.7 Å². The zero-order chi connectivity index (χ0) is 31.9. The second-order valence-corrected chi connectivity index (χ2v) is 12.1. The number of rotatable bonds is 5. The first-order valence-corrected chi connectivity index (χ1v) is 16.2. The zero-order valence-corrected chi connectivity index (χ0v) is 26.1. The normalized spacial score (nSPS) is 11.3. The van der Waals surface area contributed by atoms with E-state index in [-0.39, 0.29) is 0 Å². The molecule has 8 aromatic carbocycles. The lowest BCUT2D eigenvalue weighted by atomic mass is 9.96. The summed E-state index contributed by atoms with van der Waals surface area (Å²) in [6.07, 6.45) is 0. The molecule has 0 bridgehead atoms. The molecule has 0 fully saturated rings. The first-order valence-electron chi connectivity index (χ1n) is 16.2. The molecule has 48 heavy (non-hydrogen) atoms. The summed E-state index contributed by atoms with van der Waals surface area (Å²) in [5.74, 6) is 1.95. The second-order valence-electron chi connectivity index (χ2n) is 12.1. The van der Waals surface area contributed by atoms with Crippen LogP contribution in [-0.4, -0.2) is 15.0 Å². The summed E-state index contributed by atoms with van der Waals surface area (Å²) >= 11 is 0. The Balaban J connectivity index is 1.14. The molecule has 0 saturated carbocycles. The molecule has 3 nitrogen and oxygen atoms in total. The van der Waals surface area contributed by atoms with Crippen molar-refractivity contribution < 1.29 is 0 Å². The van der Waals surface area contributed by atoms with E-state index < -0.39 is 0 Å². The van der Waals surface area contributed by atoms with Crippen molar-refractivity contribution in [3.63, 3.8) is 0 Å². The third kappa shape index (κ3) is 5.18. The Bertz CT molecular complexity index is 2520. The number of nitrogens with zero attached hydrogens (tertiary/aromatic N) is 3. The fourth-order valence-electron chi connectivity index (χ4n) is 6.58. The Kier molecular flexibility index (Phi) is 6.80. The number of aromatic nitrogens is 3. The Morgan fingerprint density at radius 2 is 0.688 bits per heavy atom. The highest BCUT2D eigenvalue weighted by molar-refractivity contribution is 5.97. The summed E-state index contributed by atoms with van der Waals surface area (Å²) in [6.45, 7) is 0. The summed E-state index contributed by atoms with van der Waals surface area (Å²) < 4.78 is 0. The molecule has 3 heteroatoms. The maximum atomic E-state index is 5.06. The van der Waals surface area contributed by atoms with Gasteiger partial charge >= 0.3 is 0 Å². The molecule has 1 heterocycles. The lowest BCUT2D eigenvalue weighted by Crippen LogP contribution is -2.00. The fraction of sp³-hybridized carbons (Fsp3) is 0. The average Bonchev–Trinajstić information content (AvgIpc) is 3.17. The van der Waals surface area contributed by atoms with Crippen molar-refractivity contribution >= 4 is 32.3 Å². The van der Waals surface area contributed by atoms with E-state index in [0.717, 1.165) is 38.6 Å². The van der Waals surface area contributed by atoms with Crippen LogP contribution in [0, 0.1) is 0 Å². The van der Waals surface area contributed by atoms with Crippen LogP contribution in [0.25, 0.3) is 88.7 Å². The summed E-state index contributed by atoms with van der Waals surface area (Å²) in [6, 6.07) is 61.8. The molecule has 0 radical (unpaired) electrons. The van der Waals surface area contributed by atoms with Gasteiger partial charge in [0.1, 0.15) is 0 Å². The van der Waals surface area contributed by atoms with Crippen molar-refractivity contribution in [3.05, 3.63) is 176 Å². The van der Waals surface area contributed by atoms with Crippen LogP contribution >= 0.6 is 0 Å². The standard InChI is InChI=1S/C45H29N3/c1-3-12-35-28-39(25-21-30(35)9-1)44-46-43(47-45(48-44)40-26-22-31-10-2-4-13-36(31)29-40)38-16-7-15-37(27-38)32-19-23-34(24-20-32)42-18-8-14-33-11-5-6-17-41(33)42/h1-29H. The highest BCUT2D eigenvalue weighted by Gasteiger charge is 2.14. The maximum Gasteiger partial charge on any atom is 0.164 e. The van der Waals surface area contributed by atoms with Crippen LogP contribution in [0.4, 0.5) is 0 Å². The Labute approximate surface area is 278 Å². The van der Waals surface area contributed by atoms with Crippen molar-refractivity contribution in [2.24, 2.45) is 0 Å². The summed E-state index contributed by atoms with van der Waals surface area (Å²) in [4.78, 5) is 15.2. The minimum Gasteiger partial charge on any atom is -0.208 e. The van der Waals surface area contributed by atoms with E-state index in [1.807, 2.05) is 0 Å². The molecule has 0 amide bonds. The molecule has 0 atom stereocenters. The quantitative estimate of drug-likeness (QED) is 0.194. The van der Waals surface area contributed by atoms with Crippen LogP contribution in [-0.2, 0) is 0 Å². The molecule has 0 unspecified atom stereocenters. The van der Waals surface area contributed by atoms with Crippen LogP contribution in [0.3, 0.4) is 0 Å². The van der Waals surface area contributed by atoms with Gasteiger partial charge in [-0.3, -0.25) is 0 Å². The molecule has 224 valence electrons. The second kappa shape index (κ2) is 11.7. The third-order valence-electron chi connectivity index (χ3n) is 9.09. The van der Waals surface area contributed by atoms with E-state index in [9.17, 15) is 0 Å². The monoisotopic (exact) mass is 611 g/mol. The highest BCUT2D eigenvalue weighted by Crippen LogP contribution is 2.33. The molecule has 9 aromatic rings. The van der Waals surface area contributed by atoms with E-state index in [4.69, 9.17) is 15.0 Å². The smallest absolute Gasteiger partial charge is 0.164 e. The van der Waals surface area contributed by atoms with E-state index in [0.29, 0.717) is 17.5 Å². The van der Waals surface area contributed by atoms with Crippen molar-refractivity contribution in [2.45, 2.75) is 0 Å². The molecule has 0 saturated heterocycles. The predicted molar refractivity (Wildman–Crippen MR) is 200 cm³/mol. The van der Waals surface area contributed by atoms with E-state index in [2.05, 4.69) is 176 Å². The van der Waals surface area contributed by atoms with Crippen molar-refractivity contribution in [1.29, 1.82) is 0 Å². The number of hydrogen-bond donors (Lipinski definition) is 0. The lowest BCUT2D eigenvalue weighted by molar-refractivity contribution is 1.08. The van der Waals surface area contributed by atoms with Gasteiger partial charge in [-0.05, 0) is 72.8 Å². The summed E-state index contributed by atoms with van der Waals surface area (Å²) in [7, 11) is 0. The van der Waals surface area contributed by atoms with Gasteiger partial charge in [0.15, 0.2) is 17.5 Å². The molecule has 1 aromatic heterocycles. The van der Waals surface area contributed by atoms with Crippen molar-refractivity contribution in [3.8, 4) is 56.4 Å². The Hall–Kier alpha value is -6.45. The highest BCUT2D eigenvalue weighted by atomic mass is 15.0. The van der Waals surface area contributed by atoms with Gasteiger partial charge in [0.25, 0.3) is 0 Å². The van der Waals surface area contributed by atoms with Gasteiger partial charge in [-0.15, -0.1) is 0 Å². The third-order valence-corrected chi connectivity index (χ3v) is 9.09. The Morgan fingerprint density at radius 1 is 0.250 bits per heavy atom. The van der Waals surface area contributed by atoms with Gasteiger partial charge in [-0.25, -0.2) is 15.0 Å². The molecule has 0 aliphatic carbocycles. The van der Waals surface area contributed by atoms with Gasteiger partial charge in [0, 0.05) is 16.7 Å². The fourth-order valence-corrected chi connectivity index (χ4v) is 6.58. The van der Waals surface area contributed by atoms with E-state index in [1.54, 1.807) is 0 Å². The molecule has 0 aliphatic heterocycles. The number of fused-ring (bicyclic) bond motifs is 3.